The SMILES string of the molecule is CCC(C)(C)c1ccc(Oc2ccc([N+](=O)[O-])cc2)c(C(C)(C)CC)c1. The van der Waals surface area contributed by atoms with Gasteiger partial charge in [0.2, 0.25) is 0 Å². The average molecular weight is 355 g/mol. The zero-order valence-corrected chi connectivity index (χ0v) is 16.6. The average Bonchev–Trinajstić information content (AvgIpc) is 2.62. The minimum Gasteiger partial charge on any atom is -0.457 e. The summed E-state index contributed by atoms with van der Waals surface area (Å²) >= 11 is 0. The Hall–Kier alpha value is -2.36. The third kappa shape index (κ3) is 4.24. The second-order valence-electron chi connectivity index (χ2n) is 8.04. The molecule has 140 valence electrons. The van der Waals surface area contributed by atoms with Gasteiger partial charge in [-0.25, -0.2) is 0 Å². The molecule has 0 unspecified atom stereocenters. The molecular formula is C22H29NO3. The van der Waals surface area contributed by atoms with Crippen molar-refractivity contribution in [2.45, 2.75) is 65.2 Å². The van der Waals surface area contributed by atoms with Crippen molar-refractivity contribution in [2.24, 2.45) is 0 Å². The van der Waals surface area contributed by atoms with Gasteiger partial charge in [0.1, 0.15) is 11.5 Å². The van der Waals surface area contributed by atoms with Crippen LogP contribution in [0.4, 0.5) is 5.69 Å². The van der Waals surface area contributed by atoms with E-state index in [0.29, 0.717) is 5.75 Å². The summed E-state index contributed by atoms with van der Waals surface area (Å²) in [6.45, 7) is 13.3. The summed E-state index contributed by atoms with van der Waals surface area (Å²) in [5, 5.41) is 10.8. The predicted octanol–water partition coefficient (Wildman–Crippen LogP) is 6.76. The van der Waals surface area contributed by atoms with Crippen LogP contribution in [0.15, 0.2) is 42.5 Å². The van der Waals surface area contributed by atoms with Crippen LogP contribution in [0.25, 0.3) is 0 Å². The van der Waals surface area contributed by atoms with E-state index in [2.05, 4.69) is 53.7 Å². The van der Waals surface area contributed by atoms with Gasteiger partial charge in [-0.3, -0.25) is 10.1 Å². The molecule has 0 atom stereocenters. The molecule has 0 aromatic heterocycles. The van der Waals surface area contributed by atoms with Gasteiger partial charge in [0.15, 0.2) is 0 Å². The second kappa shape index (κ2) is 7.48. The first kappa shape index (κ1) is 20.0. The molecule has 0 heterocycles. The number of non-ortho nitro benzene ring substituents is 1. The first-order valence-corrected chi connectivity index (χ1v) is 9.18. The summed E-state index contributed by atoms with van der Waals surface area (Å²) in [4.78, 5) is 10.4. The number of hydrogen-bond donors (Lipinski definition) is 0. The van der Waals surface area contributed by atoms with Gasteiger partial charge < -0.3 is 4.74 Å². The Morgan fingerprint density at radius 1 is 0.923 bits per heavy atom. The molecule has 0 radical (unpaired) electrons. The van der Waals surface area contributed by atoms with Crippen molar-refractivity contribution in [3.8, 4) is 11.5 Å². The molecule has 2 aromatic rings. The molecule has 0 N–H and O–H groups in total. The number of benzene rings is 2. The lowest BCUT2D eigenvalue weighted by Gasteiger charge is -2.30. The lowest BCUT2D eigenvalue weighted by molar-refractivity contribution is -0.384. The first-order chi connectivity index (χ1) is 12.1. The molecule has 0 aliphatic carbocycles. The normalized spacial score (nSPS) is 12.1. The van der Waals surface area contributed by atoms with Gasteiger partial charge in [-0.2, -0.15) is 0 Å². The smallest absolute Gasteiger partial charge is 0.269 e. The standard InChI is InChI=1S/C22H29NO3/c1-7-21(3,4)16-9-14-20(19(15-16)22(5,6)8-2)26-18-12-10-17(11-13-18)23(24)25/h9-15H,7-8H2,1-6H3. The lowest BCUT2D eigenvalue weighted by Crippen LogP contribution is -2.20. The quantitative estimate of drug-likeness (QED) is 0.407. The van der Waals surface area contributed by atoms with Crippen LogP contribution >= 0.6 is 0 Å². The first-order valence-electron chi connectivity index (χ1n) is 9.18. The van der Waals surface area contributed by atoms with Crippen LogP contribution in [0.3, 0.4) is 0 Å². The molecule has 4 heteroatoms. The molecular weight excluding hydrogens is 326 g/mol. The Morgan fingerprint density at radius 3 is 2.00 bits per heavy atom. The van der Waals surface area contributed by atoms with Crippen molar-refractivity contribution in [2.75, 3.05) is 0 Å². The van der Waals surface area contributed by atoms with E-state index in [1.807, 2.05) is 6.07 Å². The Bertz CT molecular complexity index is 776. The van der Waals surface area contributed by atoms with E-state index in [1.165, 1.54) is 17.7 Å². The van der Waals surface area contributed by atoms with Crippen LogP contribution < -0.4 is 4.74 Å². The molecule has 0 fully saturated rings. The monoisotopic (exact) mass is 355 g/mol. The number of nitrogens with zero attached hydrogens (tertiary/aromatic N) is 1. The minimum absolute atomic E-state index is 0.0318. The molecule has 0 aliphatic heterocycles. The zero-order valence-electron chi connectivity index (χ0n) is 16.6. The molecule has 0 spiro atoms. The lowest BCUT2D eigenvalue weighted by atomic mass is 9.76. The van der Waals surface area contributed by atoms with Gasteiger partial charge in [0.25, 0.3) is 5.69 Å². The van der Waals surface area contributed by atoms with Crippen LogP contribution in [0.2, 0.25) is 0 Å². The third-order valence-electron chi connectivity index (χ3n) is 5.53. The van der Waals surface area contributed by atoms with E-state index in [1.54, 1.807) is 12.1 Å². The fourth-order valence-corrected chi connectivity index (χ4v) is 2.73. The number of nitro groups is 1. The van der Waals surface area contributed by atoms with Gasteiger partial charge in [0.05, 0.1) is 4.92 Å². The molecule has 0 saturated carbocycles. The van der Waals surface area contributed by atoms with Crippen molar-refractivity contribution in [1.82, 2.24) is 0 Å². The second-order valence-corrected chi connectivity index (χ2v) is 8.04. The molecule has 0 aliphatic rings. The summed E-state index contributed by atoms with van der Waals surface area (Å²) in [5.74, 6) is 1.41. The maximum atomic E-state index is 10.8. The highest BCUT2D eigenvalue weighted by molar-refractivity contribution is 5.47. The summed E-state index contributed by atoms with van der Waals surface area (Å²) < 4.78 is 6.11. The van der Waals surface area contributed by atoms with Gasteiger partial charge >= 0.3 is 0 Å². The van der Waals surface area contributed by atoms with Crippen LogP contribution in [0.1, 0.15) is 65.5 Å². The maximum Gasteiger partial charge on any atom is 0.269 e. The molecule has 2 aromatic carbocycles. The summed E-state index contributed by atoms with van der Waals surface area (Å²) in [5.41, 5.74) is 2.59. The van der Waals surface area contributed by atoms with E-state index < -0.39 is 4.92 Å². The Morgan fingerprint density at radius 2 is 1.50 bits per heavy atom. The van der Waals surface area contributed by atoms with Crippen molar-refractivity contribution in [3.05, 3.63) is 63.7 Å². The number of ether oxygens (including phenoxy) is 1. The highest BCUT2D eigenvalue weighted by Gasteiger charge is 2.26. The van der Waals surface area contributed by atoms with Gasteiger partial charge in [-0.05, 0) is 47.4 Å². The van der Waals surface area contributed by atoms with E-state index in [9.17, 15) is 10.1 Å². The van der Waals surface area contributed by atoms with Crippen molar-refractivity contribution in [1.29, 1.82) is 0 Å². The summed E-state index contributed by atoms with van der Waals surface area (Å²) in [7, 11) is 0. The van der Waals surface area contributed by atoms with Crippen LogP contribution in [-0.2, 0) is 10.8 Å². The zero-order chi connectivity index (χ0) is 19.5. The fourth-order valence-electron chi connectivity index (χ4n) is 2.73. The topological polar surface area (TPSA) is 52.4 Å². The fraction of sp³-hybridized carbons (Fsp3) is 0.455. The minimum atomic E-state index is -0.406. The molecule has 0 saturated heterocycles. The number of rotatable bonds is 7. The van der Waals surface area contributed by atoms with Gasteiger partial charge in [-0.15, -0.1) is 0 Å². The van der Waals surface area contributed by atoms with Crippen molar-refractivity contribution >= 4 is 5.69 Å². The van der Waals surface area contributed by atoms with E-state index in [4.69, 9.17) is 4.74 Å². The van der Waals surface area contributed by atoms with Gasteiger partial charge in [0, 0.05) is 17.7 Å². The molecule has 26 heavy (non-hydrogen) atoms. The molecule has 2 rings (SSSR count). The van der Waals surface area contributed by atoms with Crippen LogP contribution in [0, 0.1) is 10.1 Å². The predicted molar refractivity (Wildman–Crippen MR) is 106 cm³/mol. The van der Waals surface area contributed by atoms with E-state index in [-0.39, 0.29) is 16.5 Å². The van der Waals surface area contributed by atoms with Crippen LogP contribution in [-0.4, -0.2) is 4.92 Å². The van der Waals surface area contributed by atoms with Crippen LogP contribution in [0.5, 0.6) is 11.5 Å². The molecule has 0 bridgehead atoms. The largest absolute Gasteiger partial charge is 0.457 e. The number of hydrogen-bond acceptors (Lipinski definition) is 3. The molecule has 4 nitrogen and oxygen atoms in total. The Kier molecular flexibility index (Phi) is 5.74. The summed E-state index contributed by atoms with van der Waals surface area (Å²) in [6, 6.07) is 12.6. The Balaban J connectivity index is 2.45. The maximum absolute atomic E-state index is 10.8. The Labute approximate surface area is 156 Å². The summed E-state index contributed by atoms with van der Waals surface area (Å²) in [6.07, 6.45) is 2.04. The van der Waals surface area contributed by atoms with Crippen molar-refractivity contribution < 1.29 is 9.66 Å². The number of nitro benzene ring substituents is 1. The van der Waals surface area contributed by atoms with E-state index in [0.717, 1.165) is 24.2 Å². The highest BCUT2D eigenvalue weighted by Crippen LogP contribution is 2.40. The third-order valence-corrected chi connectivity index (χ3v) is 5.53. The molecule has 0 amide bonds. The van der Waals surface area contributed by atoms with Crippen molar-refractivity contribution in [3.63, 3.8) is 0 Å². The van der Waals surface area contributed by atoms with Gasteiger partial charge in [-0.1, -0.05) is 53.7 Å². The van der Waals surface area contributed by atoms with E-state index >= 15 is 0 Å². The highest BCUT2D eigenvalue weighted by atomic mass is 16.6.